The van der Waals surface area contributed by atoms with Crippen LogP contribution in [0.5, 0.6) is 5.75 Å². The van der Waals surface area contributed by atoms with E-state index in [0.717, 1.165) is 37.6 Å². The molecule has 1 amide bonds. The van der Waals surface area contributed by atoms with Gasteiger partial charge in [-0.25, -0.2) is 13.6 Å². The van der Waals surface area contributed by atoms with Crippen molar-refractivity contribution in [2.75, 3.05) is 18.5 Å². The topological polar surface area (TPSA) is 73.9 Å². The Morgan fingerprint density at radius 2 is 1.97 bits per heavy atom. The molecule has 1 saturated heterocycles. The van der Waals surface area contributed by atoms with Crippen LogP contribution < -0.4 is 10.1 Å². The van der Waals surface area contributed by atoms with Gasteiger partial charge in [-0.05, 0) is 56.2 Å². The highest BCUT2D eigenvalue weighted by molar-refractivity contribution is 5.97. The lowest BCUT2D eigenvalue weighted by Gasteiger charge is -2.14. The molecule has 0 aromatic heterocycles. The standard InChI is InChI=1S/C21H21F2NO5/c1-13(20(25)24-19-11-15(22)6-9-18(19)23)29-21(26)14-4-7-16(8-5-14)28-12-17-3-2-10-27-17/h4-9,11,13,17H,2-3,10,12H2,1H3,(H,24,25)/t13-,17-/m1/s1. The monoisotopic (exact) mass is 405 g/mol. The molecule has 2 aromatic rings. The number of anilines is 1. The van der Waals surface area contributed by atoms with E-state index >= 15 is 0 Å². The molecule has 1 aliphatic rings. The maximum atomic E-state index is 13.6. The van der Waals surface area contributed by atoms with Gasteiger partial charge in [0, 0.05) is 12.7 Å². The van der Waals surface area contributed by atoms with Crippen molar-refractivity contribution in [3.8, 4) is 5.75 Å². The van der Waals surface area contributed by atoms with Gasteiger partial charge in [-0.15, -0.1) is 0 Å². The molecule has 154 valence electrons. The molecule has 2 atom stereocenters. The molecule has 6 nitrogen and oxygen atoms in total. The second-order valence-corrected chi connectivity index (χ2v) is 6.63. The third kappa shape index (κ3) is 5.74. The van der Waals surface area contributed by atoms with Gasteiger partial charge in [-0.1, -0.05) is 0 Å². The molecule has 0 bridgehead atoms. The number of nitrogens with one attached hydrogen (secondary N) is 1. The zero-order valence-electron chi connectivity index (χ0n) is 15.8. The number of carbonyl (C=O) groups is 2. The van der Waals surface area contributed by atoms with Crippen molar-refractivity contribution in [1.82, 2.24) is 0 Å². The van der Waals surface area contributed by atoms with Crippen LogP contribution in [0.1, 0.15) is 30.1 Å². The van der Waals surface area contributed by atoms with Gasteiger partial charge < -0.3 is 19.5 Å². The van der Waals surface area contributed by atoms with Crippen LogP contribution in [0, 0.1) is 11.6 Å². The molecular formula is C21H21F2NO5. The summed E-state index contributed by atoms with van der Waals surface area (Å²) in [7, 11) is 0. The summed E-state index contributed by atoms with van der Waals surface area (Å²) in [6.07, 6.45) is 0.864. The average Bonchev–Trinajstić information content (AvgIpc) is 3.23. The Labute approximate surface area is 166 Å². The molecule has 0 radical (unpaired) electrons. The summed E-state index contributed by atoms with van der Waals surface area (Å²) in [5, 5.41) is 2.20. The molecule has 29 heavy (non-hydrogen) atoms. The minimum atomic E-state index is -1.21. The molecule has 0 unspecified atom stereocenters. The molecule has 1 heterocycles. The van der Waals surface area contributed by atoms with E-state index < -0.39 is 29.6 Å². The van der Waals surface area contributed by atoms with Gasteiger partial charge in [0.25, 0.3) is 5.91 Å². The van der Waals surface area contributed by atoms with Crippen LogP contribution >= 0.6 is 0 Å². The van der Waals surface area contributed by atoms with Crippen molar-refractivity contribution in [1.29, 1.82) is 0 Å². The highest BCUT2D eigenvalue weighted by Crippen LogP contribution is 2.18. The third-order valence-corrected chi connectivity index (χ3v) is 4.39. The molecule has 8 heteroatoms. The van der Waals surface area contributed by atoms with E-state index in [-0.39, 0.29) is 17.4 Å². The summed E-state index contributed by atoms with van der Waals surface area (Å²) < 4.78 is 43.0. The second kappa shape index (κ2) is 9.47. The highest BCUT2D eigenvalue weighted by Gasteiger charge is 2.21. The summed E-state index contributed by atoms with van der Waals surface area (Å²) in [4.78, 5) is 24.3. The van der Waals surface area contributed by atoms with Gasteiger partial charge in [-0.2, -0.15) is 0 Å². The fraction of sp³-hybridized carbons (Fsp3) is 0.333. The highest BCUT2D eigenvalue weighted by atomic mass is 19.1. The van der Waals surface area contributed by atoms with E-state index in [1.807, 2.05) is 0 Å². The quantitative estimate of drug-likeness (QED) is 0.711. The second-order valence-electron chi connectivity index (χ2n) is 6.63. The number of amides is 1. The van der Waals surface area contributed by atoms with Crippen molar-refractivity contribution < 1.29 is 32.6 Å². The number of hydrogen-bond acceptors (Lipinski definition) is 5. The summed E-state index contributed by atoms with van der Waals surface area (Å²) in [5.41, 5.74) is -0.100. The van der Waals surface area contributed by atoms with Crippen molar-refractivity contribution in [2.24, 2.45) is 0 Å². The van der Waals surface area contributed by atoms with Gasteiger partial charge in [-0.3, -0.25) is 4.79 Å². The molecule has 1 fully saturated rings. The Balaban J connectivity index is 1.51. The molecular weight excluding hydrogens is 384 g/mol. The molecule has 3 rings (SSSR count). The smallest absolute Gasteiger partial charge is 0.338 e. The fourth-order valence-electron chi connectivity index (χ4n) is 2.76. The van der Waals surface area contributed by atoms with Crippen LogP contribution in [0.25, 0.3) is 0 Å². The van der Waals surface area contributed by atoms with Gasteiger partial charge in [0.2, 0.25) is 0 Å². The maximum absolute atomic E-state index is 13.6. The Morgan fingerprint density at radius 3 is 2.66 bits per heavy atom. The first-order chi connectivity index (χ1) is 13.9. The summed E-state index contributed by atoms with van der Waals surface area (Å²) in [6.45, 7) is 2.53. The fourth-order valence-corrected chi connectivity index (χ4v) is 2.76. The maximum Gasteiger partial charge on any atom is 0.338 e. The first-order valence-corrected chi connectivity index (χ1v) is 9.24. The van der Waals surface area contributed by atoms with E-state index in [0.29, 0.717) is 12.4 Å². The van der Waals surface area contributed by atoms with Crippen molar-refractivity contribution in [3.05, 3.63) is 59.7 Å². The minimum absolute atomic E-state index is 0.0851. The number of ether oxygens (including phenoxy) is 3. The summed E-state index contributed by atoms with van der Waals surface area (Å²) in [6, 6.07) is 8.95. The van der Waals surface area contributed by atoms with Crippen LogP contribution in [-0.2, 0) is 14.3 Å². The van der Waals surface area contributed by atoms with Crippen molar-refractivity contribution >= 4 is 17.6 Å². The van der Waals surface area contributed by atoms with Crippen LogP contribution in [-0.4, -0.2) is 37.3 Å². The van der Waals surface area contributed by atoms with Crippen molar-refractivity contribution in [2.45, 2.75) is 32.0 Å². The molecule has 2 aromatic carbocycles. The molecule has 1 aliphatic heterocycles. The lowest BCUT2D eigenvalue weighted by atomic mass is 10.2. The lowest BCUT2D eigenvalue weighted by molar-refractivity contribution is -0.123. The number of hydrogen-bond donors (Lipinski definition) is 1. The van der Waals surface area contributed by atoms with E-state index in [1.54, 1.807) is 12.1 Å². The number of esters is 1. The van der Waals surface area contributed by atoms with E-state index in [1.165, 1.54) is 19.1 Å². The van der Waals surface area contributed by atoms with E-state index in [4.69, 9.17) is 14.2 Å². The lowest BCUT2D eigenvalue weighted by Crippen LogP contribution is -2.30. The number of rotatable bonds is 7. The average molecular weight is 405 g/mol. The number of carbonyl (C=O) groups excluding carboxylic acids is 2. The normalized spacial score (nSPS) is 16.9. The Kier molecular flexibility index (Phi) is 6.77. The van der Waals surface area contributed by atoms with Gasteiger partial charge in [0.1, 0.15) is 24.0 Å². The molecule has 0 saturated carbocycles. The zero-order valence-corrected chi connectivity index (χ0v) is 15.8. The largest absolute Gasteiger partial charge is 0.491 e. The molecule has 1 N–H and O–H groups in total. The number of benzene rings is 2. The van der Waals surface area contributed by atoms with Gasteiger partial charge in [0.15, 0.2) is 6.10 Å². The Hall–Kier alpha value is -3.00. The van der Waals surface area contributed by atoms with Crippen LogP contribution in [0.4, 0.5) is 14.5 Å². The summed E-state index contributed by atoms with van der Waals surface area (Å²) in [5.74, 6) is -2.41. The van der Waals surface area contributed by atoms with Gasteiger partial charge >= 0.3 is 5.97 Å². The first-order valence-electron chi connectivity index (χ1n) is 9.24. The SMILES string of the molecule is C[C@@H](OC(=O)c1ccc(OC[C@H]2CCCO2)cc1)C(=O)Nc1cc(F)ccc1F. The van der Waals surface area contributed by atoms with Crippen LogP contribution in [0.3, 0.4) is 0 Å². The van der Waals surface area contributed by atoms with E-state index in [2.05, 4.69) is 5.32 Å². The van der Waals surface area contributed by atoms with E-state index in [9.17, 15) is 18.4 Å². The third-order valence-electron chi connectivity index (χ3n) is 4.39. The molecule has 0 aliphatic carbocycles. The van der Waals surface area contributed by atoms with Crippen molar-refractivity contribution in [3.63, 3.8) is 0 Å². The predicted octanol–water partition coefficient (Wildman–Crippen LogP) is 3.71. The van der Waals surface area contributed by atoms with Crippen LogP contribution in [0.15, 0.2) is 42.5 Å². The summed E-state index contributed by atoms with van der Waals surface area (Å²) >= 11 is 0. The predicted molar refractivity (Wildman–Crippen MR) is 101 cm³/mol. The Bertz CT molecular complexity index is 866. The van der Waals surface area contributed by atoms with Gasteiger partial charge in [0.05, 0.1) is 17.4 Å². The Morgan fingerprint density at radius 1 is 1.21 bits per heavy atom. The first kappa shape index (κ1) is 20.7. The number of halogens is 2. The minimum Gasteiger partial charge on any atom is -0.491 e. The van der Waals surface area contributed by atoms with Crippen LogP contribution in [0.2, 0.25) is 0 Å². The molecule has 0 spiro atoms. The zero-order chi connectivity index (χ0) is 20.8.